The van der Waals surface area contributed by atoms with Crippen LogP contribution < -0.4 is 5.32 Å². The van der Waals surface area contributed by atoms with E-state index in [1.54, 1.807) is 0 Å². The molecule has 1 aliphatic rings. The van der Waals surface area contributed by atoms with Gasteiger partial charge < -0.3 is 10.4 Å². The van der Waals surface area contributed by atoms with Crippen molar-refractivity contribution in [1.82, 2.24) is 5.32 Å². The van der Waals surface area contributed by atoms with Crippen LogP contribution in [-0.2, 0) is 0 Å². The summed E-state index contributed by atoms with van der Waals surface area (Å²) in [6, 6.07) is 0.515. The quantitative estimate of drug-likeness (QED) is 0.736. The van der Waals surface area contributed by atoms with Crippen LogP contribution in [0.4, 0.5) is 0 Å². The fourth-order valence-electron chi connectivity index (χ4n) is 2.29. The lowest BCUT2D eigenvalue weighted by Gasteiger charge is -2.34. The second-order valence-corrected chi connectivity index (χ2v) is 5.34. The van der Waals surface area contributed by atoms with E-state index in [9.17, 15) is 5.11 Å². The molecule has 2 N–H and O–H groups in total. The van der Waals surface area contributed by atoms with E-state index in [0.29, 0.717) is 12.0 Å². The average Bonchev–Trinajstić information content (AvgIpc) is 2.26. The van der Waals surface area contributed by atoms with Crippen LogP contribution >= 0.6 is 0 Å². The van der Waals surface area contributed by atoms with Crippen molar-refractivity contribution in [1.29, 1.82) is 0 Å². The predicted molar refractivity (Wildman–Crippen MR) is 65.0 cm³/mol. The molecule has 0 unspecified atom stereocenters. The zero-order chi connectivity index (χ0) is 11.3. The summed E-state index contributed by atoms with van der Waals surface area (Å²) < 4.78 is 0. The topological polar surface area (TPSA) is 32.3 Å². The molecule has 0 spiro atoms. The SMILES string of the molecule is CC[C@H](C)[C@@H](C)NCC1(O)CCCCC1. The summed E-state index contributed by atoms with van der Waals surface area (Å²) in [5.74, 6) is 0.692. The number of nitrogens with one attached hydrogen (secondary N) is 1. The van der Waals surface area contributed by atoms with Crippen molar-refractivity contribution in [2.75, 3.05) is 6.54 Å². The van der Waals surface area contributed by atoms with Crippen LogP contribution in [0.3, 0.4) is 0 Å². The Bertz CT molecular complexity index is 175. The van der Waals surface area contributed by atoms with Gasteiger partial charge >= 0.3 is 0 Å². The van der Waals surface area contributed by atoms with Crippen molar-refractivity contribution in [3.05, 3.63) is 0 Å². The highest BCUT2D eigenvalue weighted by molar-refractivity contribution is 4.85. The summed E-state index contributed by atoms with van der Waals surface area (Å²) >= 11 is 0. The molecule has 1 fully saturated rings. The van der Waals surface area contributed by atoms with Crippen molar-refractivity contribution in [2.24, 2.45) is 5.92 Å². The Morgan fingerprint density at radius 1 is 1.20 bits per heavy atom. The van der Waals surface area contributed by atoms with E-state index < -0.39 is 5.60 Å². The van der Waals surface area contributed by atoms with Gasteiger partial charge in [0.2, 0.25) is 0 Å². The summed E-state index contributed by atoms with van der Waals surface area (Å²) in [6.07, 6.45) is 6.84. The van der Waals surface area contributed by atoms with Gasteiger partial charge in [0, 0.05) is 12.6 Å². The van der Waals surface area contributed by atoms with Gasteiger partial charge in [-0.05, 0) is 25.7 Å². The van der Waals surface area contributed by atoms with Crippen LogP contribution in [0.1, 0.15) is 59.3 Å². The molecule has 2 heteroatoms. The van der Waals surface area contributed by atoms with Crippen LogP contribution in [0, 0.1) is 5.92 Å². The van der Waals surface area contributed by atoms with Crippen LogP contribution in [0.5, 0.6) is 0 Å². The van der Waals surface area contributed by atoms with Gasteiger partial charge in [-0.2, -0.15) is 0 Å². The molecule has 1 rings (SSSR count). The fraction of sp³-hybridized carbons (Fsp3) is 1.00. The monoisotopic (exact) mass is 213 g/mol. The van der Waals surface area contributed by atoms with Crippen molar-refractivity contribution in [2.45, 2.75) is 70.9 Å². The summed E-state index contributed by atoms with van der Waals surface area (Å²) in [4.78, 5) is 0. The molecule has 1 aliphatic carbocycles. The maximum absolute atomic E-state index is 10.3. The number of rotatable bonds is 5. The predicted octanol–water partition coefficient (Wildman–Crippen LogP) is 2.71. The highest BCUT2D eigenvalue weighted by atomic mass is 16.3. The minimum absolute atomic E-state index is 0.417. The largest absolute Gasteiger partial charge is 0.389 e. The van der Waals surface area contributed by atoms with E-state index in [1.165, 1.54) is 25.7 Å². The molecule has 0 heterocycles. The molecule has 15 heavy (non-hydrogen) atoms. The molecule has 0 aromatic heterocycles. The maximum Gasteiger partial charge on any atom is 0.0771 e. The lowest BCUT2D eigenvalue weighted by Crippen LogP contribution is -2.46. The maximum atomic E-state index is 10.3. The van der Waals surface area contributed by atoms with E-state index >= 15 is 0 Å². The van der Waals surface area contributed by atoms with Crippen molar-refractivity contribution >= 4 is 0 Å². The lowest BCUT2D eigenvalue weighted by molar-refractivity contribution is 0.00173. The Morgan fingerprint density at radius 3 is 2.33 bits per heavy atom. The van der Waals surface area contributed by atoms with Crippen LogP contribution in [0.2, 0.25) is 0 Å². The third kappa shape index (κ3) is 4.12. The molecule has 0 aromatic carbocycles. The van der Waals surface area contributed by atoms with Gasteiger partial charge in [-0.1, -0.05) is 39.5 Å². The van der Waals surface area contributed by atoms with E-state index in [4.69, 9.17) is 0 Å². The van der Waals surface area contributed by atoms with Crippen molar-refractivity contribution < 1.29 is 5.11 Å². The summed E-state index contributed by atoms with van der Waals surface area (Å²) in [5.41, 5.74) is -0.417. The van der Waals surface area contributed by atoms with Crippen LogP contribution in [-0.4, -0.2) is 23.3 Å². The molecular formula is C13H27NO. The minimum atomic E-state index is -0.417. The van der Waals surface area contributed by atoms with Gasteiger partial charge in [0.15, 0.2) is 0 Å². The van der Waals surface area contributed by atoms with Gasteiger partial charge in [-0.25, -0.2) is 0 Å². The van der Waals surface area contributed by atoms with Gasteiger partial charge in [-0.3, -0.25) is 0 Å². The highest BCUT2D eigenvalue weighted by Crippen LogP contribution is 2.27. The molecule has 0 bridgehead atoms. The lowest BCUT2D eigenvalue weighted by atomic mass is 9.84. The summed E-state index contributed by atoms with van der Waals surface area (Å²) in [5, 5.41) is 13.8. The first kappa shape index (κ1) is 13.0. The molecule has 0 aliphatic heterocycles. The fourth-order valence-corrected chi connectivity index (χ4v) is 2.29. The second-order valence-electron chi connectivity index (χ2n) is 5.34. The number of hydrogen-bond donors (Lipinski definition) is 2. The first-order valence-corrected chi connectivity index (χ1v) is 6.53. The first-order chi connectivity index (χ1) is 7.07. The molecule has 2 atom stereocenters. The normalized spacial score (nSPS) is 24.8. The Morgan fingerprint density at radius 2 is 1.80 bits per heavy atom. The first-order valence-electron chi connectivity index (χ1n) is 6.53. The van der Waals surface area contributed by atoms with E-state index in [-0.39, 0.29) is 0 Å². The second kappa shape index (κ2) is 5.86. The zero-order valence-corrected chi connectivity index (χ0v) is 10.6. The molecule has 2 nitrogen and oxygen atoms in total. The minimum Gasteiger partial charge on any atom is -0.389 e. The third-order valence-corrected chi connectivity index (χ3v) is 4.03. The van der Waals surface area contributed by atoms with Gasteiger partial charge in [-0.15, -0.1) is 0 Å². The number of hydrogen-bond acceptors (Lipinski definition) is 2. The van der Waals surface area contributed by atoms with Gasteiger partial charge in [0.05, 0.1) is 5.60 Å². The van der Waals surface area contributed by atoms with Crippen LogP contribution in [0.15, 0.2) is 0 Å². The molecule has 0 radical (unpaired) electrons. The molecule has 0 amide bonds. The third-order valence-electron chi connectivity index (χ3n) is 4.03. The van der Waals surface area contributed by atoms with Gasteiger partial charge in [0.1, 0.15) is 0 Å². The molecule has 0 aromatic rings. The van der Waals surface area contributed by atoms with Crippen molar-refractivity contribution in [3.8, 4) is 0 Å². The van der Waals surface area contributed by atoms with Crippen molar-refractivity contribution in [3.63, 3.8) is 0 Å². The summed E-state index contributed by atoms with van der Waals surface area (Å²) in [7, 11) is 0. The Kier molecular flexibility index (Phi) is 5.07. The van der Waals surface area contributed by atoms with E-state index in [2.05, 4.69) is 26.1 Å². The van der Waals surface area contributed by atoms with Gasteiger partial charge in [0.25, 0.3) is 0 Å². The zero-order valence-electron chi connectivity index (χ0n) is 10.6. The Labute approximate surface area is 94.5 Å². The van der Waals surface area contributed by atoms with E-state index in [0.717, 1.165) is 19.4 Å². The standard InChI is InChI=1S/C13H27NO/c1-4-11(2)12(3)14-10-13(15)8-6-5-7-9-13/h11-12,14-15H,4-10H2,1-3H3/t11-,12+/m0/s1. The molecule has 1 saturated carbocycles. The number of aliphatic hydroxyl groups is 1. The molecule has 0 saturated heterocycles. The summed E-state index contributed by atoms with van der Waals surface area (Å²) in [6.45, 7) is 7.49. The molecular weight excluding hydrogens is 186 g/mol. The molecule has 90 valence electrons. The highest BCUT2D eigenvalue weighted by Gasteiger charge is 2.29. The Balaban J connectivity index is 2.28. The van der Waals surface area contributed by atoms with Crippen LogP contribution in [0.25, 0.3) is 0 Å². The average molecular weight is 213 g/mol. The Hall–Kier alpha value is -0.0800. The van der Waals surface area contributed by atoms with E-state index in [1.807, 2.05) is 0 Å². The smallest absolute Gasteiger partial charge is 0.0771 e.